The molecule has 1 saturated heterocycles. The molecule has 1 aromatic heterocycles. The predicted molar refractivity (Wildman–Crippen MR) is 69.3 cm³/mol. The summed E-state index contributed by atoms with van der Waals surface area (Å²) in [6, 6.07) is 2.92. The lowest BCUT2D eigenvalue weighted by Crippen LogP contribution is -2.47. The molecular weight excluding hydrogens is 246 g/mol. The van der Waals surface area contributed by atoms with E-state index in [1.165, 1.54) is 12.1 Å². The van der Waals surface area contributed by atoms with Crippen LogP contribution in [0.5, 0.6) is 0 Å². The zero-order chi connectivity index (χ0) is 14.0. The van der Waals surface area contributed by atoms with Gasteiger partial charge in [0.2, 0.25) is 0 Å². The molecule has 0 unspecified atom stereocenters. The highest BCUT2D eigenvalue weighted by Gasteiger charge is 2.22. The maximum atomic E-state index is 12.2. The van der Waals surface area contributed by atoms with Crippen LogP contribution in [0.1, 0.15) is 26.5 Å². The lowest BCUT2D eigenvalue weighted by Gasteiger charge is -2.32. The monoisotopic (exact) mass is 263 g/mol. The molecule has 0 radical (unpaired) electrons. The number of carbonyl (C=O) groups is 2. The summed E-state index contributed by atoms with van der Waals surface area (Å²) in [5.41, 5.74) is 0.814. The Hall–Kier alpha value is -1.95. The molecule has 1 amide bonds. The highest BCUT2D eigenvalue weighted by atomic mass is 16.4. The van der Waals surface area contributed by atoms with Crippen LogP contribution in [0.25, 0.3) is 0 Å². The van der Waals surface area contributed by atoms with Gasteiger partial charge in [-0.1, -0.05) is 0 Å². The molecule has 0 spiro atoms. The molecule has 19 heavy (non-hydrogen) atoms. The number of piperazine rings is 1. The van der Waals surface area contributed by atoms with Gasteiger partial charge in [0.1, 0.15) is 5.69 Å². The van der Waals surface area contributed by atoms with Crippen molar-refractivity contribution >= 4 is 11.9 Å². The summed E-state index contributed by atoms with van der Waals surface area (Å²) < 4.78 is 0. The van der Waals surface area contributed by atoms with Crippen LogP contribution >= 0.6 is 0 Å². The number of hydrogen-bond acceptors (Lipinski definition) is 4. The first-order valence-electron chi connectivity index (χ1n) is 6.18. The van der Waals surface area contributed by atoms with Crippen molar-refractivity contribution in [1.82, 2.24) is 14.8 Å². The molecule has 0 saturated carbocycles. The number of aryl methyl sites for hydroxylation is 1. The standard InChI is InChI=1S/C13H17N3O3/c1-9-10(13(18)19)3-4-11(14-9)12(17)16-7-5-15(2)6-8-16/h3-4H,5-8H2,1-2H3,(H,18,19). The second-order valence-electron chi connectivity index (χ2n) is 4.73. The Kier molecular flexibility index (Phi) is 3.80. The van der Waals surface area contributed by atoms with E-state index in [1.807, 2.05) is 7.05 Å². The van der Waals surface area contributed by atoms with E-state index >= 15 is 0 Å². The molecule has 1 aliphatic heterocycles. The number of nitrogens with zero attached hydrogens (tertiary/aromatic N) is 3. The normalized spacial score (nSPS) is 16.4. The van der Waals surface area contributed by atoms with Crippen LogP contribution in [0.4, 0.5) is 0 Å². The van der Waals surface area contributed by atoms with Gasteiger partial charge in [-0.05, 0) is 26.1 Å². The van der Waals surface area contributed by atoms with Crippen molar-refractivity contribution in [3.63, 3.8) is 0 Å². The van der Waals surface area contributed by atoms with Gasteiger partial charge in [0.15, 0.2) is 0 Å². The van der Waals surface area contributed by atoms with E-state index in [1.54, 1.807) is 11.8 Å². The first kappa shape index (κ1) is 13.5. The smallest absolute Gasteiger partial charge is 0.337 e. The van der Waals surface area contributed by atoms with Crippen molar-refractivity contribution in [3.05, 3.63) is 29.1 Å². The molecule has 0 bridgehead atoms. The van der Waals surface area contributed by atoms with E-state index < -0.39 is 5.97 Å². The van der Waals surface area contributed by atoms with Crippen molar-refractivity contribution in [2.24, 2.45) is 0 Å². The van der Waals surface area contributed by atoms with Gasteiger partial charge in [-0.2, -0.15) is 0 Å². The minimum atomic E-state index is -1.02. The van der Waals surface area contributed by atoms with Crippen LogP contribution in [0.2, 0.25) is 0 Å². The number of amides is 1. The van der Waals surface area contributed by atoms with Gasteiger partial charge in [-0.15, -0.1) is 0 Å². The molecular formula is C13H17N3O3. The van der Waals surface area contributed by atoms with Crippen molar-refractivity contribution in [1.29, 1.82) is 0 Å². The number of carboxylic acid groups (broad SMARTS) is 1. The topological polar surface area (TPSA) is 73.7 Å². The second kappa shape index (κ2) is 5.36. The Morgan fingerprint density at radius 1 is 1.21 bits per heavy atom. The number of rotatable bonds is 2. The Balaban J connectivity index is 2.16. The molecule has 0 aliphatic carbocycles. The third-order valence-electron chi connectivity index (χ3n) is 3.33. The molecule has 102 valence electrons. The summed E-state index contributed by atoms with van der Waals surface area (Å²) in [5, 5.41) is 8.93. The van der Waals surface area contributed by atoms with Crippen LogP contribution in [-0.4, -0.2) is 65.0 Å². The SMILES string of the molecule is Cc1nc(C(=O)N2CCN(C)CC2)ccc1C(=O)O. The van der Waals surface area contributed by atoms with Gasteiger partial charge in [-0.25, -0.2) is 9.78 Å². The Morgan fingerprint density at radius 3 is 2.37 bits per heavy atom. The average Bonchev–Trinajstić information content (AvgIpc) is 2.38. The molecule has 0 aromatic carbocycles. The van der Waals surface area contributed by atoms with Crippen LogP contribution in [0.15, 0.2) is 12.1 Å². The van der Waals surface area contributed by atoms with Crippen LogP contribution in [0, 0.1) is 6.92 Å². The maximum absolute atomic E-state index is 12.2. The molecule has 1 aliphatic rings. The number of aromatic nitrogens is 1. The van der Waals surface area contributed by atoms with Crippen molar-refractivity contribution in [2.45, 2.75) is 6.92 Å². The van der Waals surface area contributed by atoms with Crippen LogP contribution in [-0.2, 0) is 0 Å². The Morgan fingerprint density at radius 2 is 1.84 bits per heavy atom. The quantitative estimate of drug-likeness (QED) is 0.840. The lowest BCUT2D eigenvalue weighted by atomic mass is 10.1. The molecule has 6 heteroatoms. The number of carboxylic acids is 1. The van der Waals surface area contributed by atoms with E-state index in [-0.39, 0.29) is 11.5 Å². The molecule has 1 aromatic rings. The minimum Gasteiger partial charge on any atom is -0.478 e. The van der Waals surface area contributed by atoms with Gasteiger partial charge in [0.25, 0.3) is 5.91 Å². The molecule has 2 heterocycles. The van der Waals surface area contributed by atoms with Crippen LogP contribution < -0.4 is 0 Å². The van der Waals surface area contributed by atoms with E-state index in [0.717, 1.165) is 13.1 Å². The van der Waals surface area contributed by atoms with E-state index in [4.69, 9.17) is 5.11 Å². The largest absolute Gasteiger partial charge is 0.478 e. The van der Waals surface area contributed by atoms with Gasteiger partial charge >= 0.3 is 5.97 Å². The van der Waals surface area contributed by atoms with Crippen LogP contribution in [0.3, 0.4) is 0 Å². The second-order valence-corrected chi connectivity index (χ2v) is 4.73. The highest BCUT2D eigenvalue weighted by Crippen LogP contribution is 2.10. The first-order chi connectivity index (χ1) is 8.99. The summed E-state index contributed by atoms with van der Waals surface area (Å²) in [7, 11) is 2.02. The first-order valence-corrected chi connectivity index (χ1v) is 6.18. The Bertz CT molecular complexity index is 508. The Labute approximate surface area is 111 Å². The minimum absolute atomic E-state index is 0.131. The molecule has 6 nitrogen and oxygen atoms in total. The number of aromatic carboxylic acids is 1. The van der Waals surface area contributed by atoms with Gasteiger partial charge in [-0.3, -0.25) is 4.79 Å². The van der Waals surface area contributed by atoms with Gasteiger partial charge < -0.3 is 14.9 Å². The summed E-state index contributed by atoms with van der Waals surface area (Å²) >= 11 is 0. The van der Waals surface area contributed by atoms with Gasteiger partial charge in [0.05, 0.1) is 11.3 Å². The number of hydrogen-bond donors (Lipinski definition) is 1. The average molecular weight is 263 g/mol. The van der Waals surface area contributed by atoms with Crippen molar-refractivity contribution < 1.29 is 14.7 Å². The lowest BCUT2D eigenvalue weighted by molar-refractivity contribution is 0.0652. The fourth-order valence-corrected chi connectivity index (χ4v) is 2.08. The highest BCUT2D eigenvalue weighted by molar-refractivity contribution is 5.94. The molecule has 0 atom stereocenters. The maximum Gasteiger partial charge on any atom is 0.337 e. The van der Waals surface area contributed by atoms with E-state index in [2.05, 4.69) is 9.88 Å². The zero-order valence-electron chi connectivity index (χ0n) is 11.1. The summed E-state index contributed by atoms with van der Waals surface area (Å²) in [5.74, 6) is -1.16. The molecule has 1 fully saturated rings. The molecule has 1 N–H and O–H groups in total. The van der Waals surface area contributed by atoms with E-state index in [9.17, 15) is 9.59 Å². The van der Waals surface area contributed by atoms with Crippen molar-refractivity contribution in [2.75, 3.05) is 33.2 Å². The van der Waals surface area contributed by atoms with Gasteiger partial charge in [0, 0.05) is 26.2 Å². The van der Waals surface area contributed by atoms with E-state index in [0.29, 0.717) is 24.5 Å². The third kappa shape index (κ3) is 2.90. The predicted octanol–water partition coefficient (Wildman–Crippen LogP) is 0.476. The third-order valence-corrected chi connectivity index (χ3v) is 3.33. The fraction of sp³-hybridized carbons (Fsp3) is 0.462. The summed E-state index contributed by atoms with van der Waals surface area (Å²) in [6.45, 7) is 4.65. The summed E-state index contributed by atoms with van der Waals surface area (Å²) in [4.78, 5) is 31.2. The summed E-state index contributed by atoms with van der Waals surface area (Å²) in [6.07, 6.45) is 0. The molecule has 2 rings (SSSR count). The van der Waals surface area contributed by atoms with Crippen molar-refractivity contribution in [3.8, 4) is 0 Å². The number of likely N-dealkylation sites (N-methyl/N-ethyl adjacent to an activating group) is 1. The fourth-order valence-electron chi connectivity index (χ4n) is 2.08. The number of pyridine rings is 1. The number of carbonyl (C=O) groups excluding carboxylic acids is 1. The zero-order valence-corrected chi connectivity index (χ0v) is 11.1.